The summed E-state index contributed by atoms with van der Waals surface area (Å²) in [6.07, 6.45) is 4.81. The first-order valence-electron chi connectivity index (χ1n) is 5.69. The fraction of sp³-hybridized carbons (Fsp3) is 0.583. The Bertz CT molecular complexity index is 394. The lowest BCUT2D eigenvalue weighted by Crippen LogP contribution is -2.50. The van der Waals surface area contributed by atoms with Crippen molar-refractivity contribution in [2.75, 3.05) is 13.1 Å². The zero-order valence-corrected chi connectivity index (χ0v) is 10.4. The number of aromatic nitrogens is 2. The molecule has 2 heterocycles. The fourth-order valence-corrected chi connectivity index (χ4v) is 1.66. The number of amides is 1. The summed E-state index contributed by atoms with van der Waals surface area (Å²) in [4.78, 5) is 21.6. The summed E-state index contributed by atoms with van der Waals surface area (Å²) in [7, 11) is 0. The van der Waals surface area contributed by atoms with E-state index >= 15 is 0 Å². The Morgan fingerprint density at radius 3 is 2.65 bits per heavy atom. The van der Waals surface area contributed by atoms with Crippen LogP contribution in [0.2, 0.25) is 0 Å². The maximum atomic E-state index is 11.7. The minimum absolute atomic E-state index is 0.252. The third-order valence-electron chi connectivity index (χ3n) is 2.53. The monoisotopic (exact) mass is 235 g/mol. The standard InChI is InChI=1S/C12H17N3O2/c1-12(2,3)17-11(16)15-7-9(8-15)10-6-13-4-5-14-10/h4-6,9H,7-8H2,1-3H3. The molecule has 1 aromatic heterocycles. The molecular formula is C12H17N3O2. The quantitative estimate of drug-likeness (QED) is 0.745. The van der Waals surface area contributed by atoms with Crippen molar-refractivity contribution in [3.63, 3.8) is 0 Å². The van der Waals surface area contributed by atoms with Crippen LogP contribution in [0, 0.1) is 0 Å². The second kappa shape index (κ2) is 4.31. The predicted octanol–water partition coefficient (Wildman–Crippen LogP) is 1.81. The maximum absolute atomic E-state index is 11.7. The molecule has 1 fully saturated rings. The SMILES string of the molecule is CC(C)(C)OC(=O)N1CC(c2cnccn2)C1. The Kier molecular flexibility index (Phi) is 3.00. The molecule has 5 heteroatoms. The minimum Gasteiger partial charge on any atom is -0.444 e. The molecule has 92 valence electrons. The summed E-state index contributed by atoms with van der Waals surface area (Å²) < 4.78 is 5.28. The van der Waals surface area contributed by atoms with E-state index in [9.17, 15) is 4.79 Å². The van der Waals surface area contributed by atoms with Crippen molar-refractivity contribution in [1.29, 1.82) is 0 Å². The van der Waals surface area contributed by atoms with Crippen molar-refractivity contribution in [2.45, 2.75) is 32.3 Å². The van der Waals surface area contributed by atoms with Gasteiger partial charge in [0.2, 0.25) is 0 Å². The van der Waals surface area contributed by atoms with Crippen LogP contribution in [0.25, 0.3) is 0 Å². The van der Waals surface area contributed by atoms with Crippen LogP contribution in [-0.2, 0) is 4.74 Å². The topological polar surface area (TPSA) is 55.3 Å². The molecule has 5 nitrogen and oxygen atoms in total. The Balaban J connectivity index is 1.85. The third kappa shape index (κ3) is 2.93. The van der Waals surface area contributed by atoms with Crippen LogP contribution in [0.15, 0.2) is 18.6 Å². The van der Waals surface area contributed by atoms with Gasteiger partial charge in [0.05, 0.1) is 5.69 Å². The molecule has 0 spiro atoms. The zero-order chi connectivity index (χ0) is 12.5. The van der Waals surface area contributed by atoms with Crippen LogP contribution in [0.5, 0.6) is 0 Å². The average molecular weight is 235 g/mol. The lowest BCUT2D eigenvalue weighted by atomic mass is 9.97. The maximum Gasteiger partial charge on any atom is 0.410 e. The molecule has 0 aliphatic carbocycles. The first-order valence-corrected chi connectivity index (χ1v) is 5.69. The van der Waals surface area contributed by atoms with Crippen molar-refractivity contribution < 1.29 is 9.53 Å². The summed E-state index contributed by atoms with van der Waals surface area (Å²) in [6, 6.07) is 0. The molecule has 0 N–H and O–H groups in total. The number of likely N-dealkylation sites (tertiary alicyclic amines) is 1. The minimum atomic E-state index is -0.436. The van der Waals surface area contributed by atoms with E-state index in [0.29, 0.717) is 13.1 Å². The lowest BCUT2D eigenvalue weighted by Gasteiger charge is -2.39. The zero-order valence-electron chi connectivity index (χ0n) is 10.4. The largest absolute Gasteiger partial charge is 0.444 e. The fourth-order valence-electron chi connectivity index (χ4n) is 1.66. The highest BCUT2D eigenvalue weighted by Crippen LogP contribution is 2.26. The Labute approximate surface area is 101 Å². The Morgan fingerprint density at radius 2 is 2.12 bits per heavy atom. The van der Waals surface area contributed by atoms with E-state index < -0.39 is 5.60 Å². The normalized spacial score (nSPS) is 16.5. The van der Waals surface area contributed by atoms with Gasteiger partial charge in [0, 0.05) is 37.6 Å². The van der Waals surface area contributed by atoms with Crippen molar-refractivity contribution in [3.05, 3.63) is 24.3 Å². The third-order valence-corrected chi connectivity index (χ3v) is 2.53. The molecule has 0 atom stereocenters. The van der Waals surface area contributed by atoms with Gasteiger partial charge in [-0.15, -0.1) is 0 Å². The van der Waals surface area contributed by atoms with Crippen molar-refractivity contribution in [3.8, 4) is 0 Å². The number of carbonyl (C=O) groups excluding carboxylic acids is 1. The lowest BCUT2D eigenvalue weighted by molar-refractivity contribution is 0.00784. The van der Waals surface area contributed by atoms with Crippen LogP contribution in [-0.4, -0.2) is 39.7 Å². The van der Waals surface area contributed by atoms with E-state index in [-0.39, 0.29) is 12.0 Å². The summed E-state index contributed by atoms with van der Waals surface area (Å²) >= 11 is 0. The number of rotatable bonds is 1. The molecule has 1 aromatic rings. The van der Waals surface area contributed by atoms with E-state index in [1.165, 1.54) is 0 Å². The van der Waals surface area contributed by atoms with Gasteiger partial charge in [0.15, 0.2) is 0 Å². The predicted molar refractivity (Wildman–Crippen MR) is 62.6 cm³/mol. The van der Waals surface area contributed by atoms with Crippen LogP contribution in [0.3, 0.4) is 0 Å². The molecule has 1 amide bonds. The van der Waals surface area contributed by atoms with E-state index in [4.69, 9.17) is 4.74 Å². The first kappa shape index (κ1) is 11.8. The van der Waals surface area contributed by atoms with Gasteiger partial charge >= 0.3 is 6.09 Å². The molecule has 17 heavy (non-hydrogen) atoms. The molecule has 0 unspecified atom stereocenters. The average Bonchev–Trinajstić information content (AvgIpc) is 2.14. The number of nitrogens with zero attached hydrogens (tertiary/aromatic N) is 3. The van der Waals surface area contributed by atoms with Gasteiger partial charge in [0.1, 0.15) is 5.60 Å². The van der Waals surface area contributed by atoms with Crippen LogP contribution < -0.4 is 0 Å². The van der Waals surface area contributed by atoms with Crippen molar-refractivity contribution in [1.82, 2.24) is 14.9 Å². The summed E-state index contributed by atoms with van der Waals surface area (Å²) in [6.45, 7) is 6.92. The van der Waals surface area contributed by atoms with Gasteiger partial charge in [0.25, 0.3) is 0 Å². The van der Waals surface area contributed by atoms with Gasteiger partial charge in [-0.05, 0) is 20.8 Å². The summed E-state index contributed by atoms with van der Waals surface area (Å²) in [5.41, 5.74) is 0.502. The molecule has 0 aromatic carbocycles. The molecule has 0 radical (unpaired) electrons. The van der Waals surface area contributed by atoms with E-state index in [1.54, 1.807) is 23.5 Å². The van der Waals surface area contributed by atoms with Crippen LogP contribution in [0.1, 0.15) is 32.4 Å². The molecule has 1 aliphatic heterocycles. The first-order chi connectivity index (χ1) is 7.96. The number of hydrogen-bond acceptors (Lipinski definition) is 4. The molecule has 2 rings (SSSR count). The molecule has 0 bridgehead atoms. The number of ether oxygens (including phenoxy) is 1. The van der Waals surface area contributed by atoms with Gasteiger partial charge in [-0.3, -0.25) is 9.97 Å². The van der Waals surface area contributed by atoms with Gasteiger partial charge < -0.3 is 9.64 Å². The van der Waals surface area contributed by atoms with Crippen LogP contribution >= 0.6 is 0 Å². The molecule has 0 saturated carbocycles. The van der Waals surface area contributed by atoms with Crippen molar-refractivity contribution in [2.24, 2.45) is 0 Å². The second-order valence-corrected chi connectivity index (χ2v) is 5.21. The number of hydrogen-bond donors (Lipinski definition) is 0. The molecule has 1 aliphatic rings. The molecule has 1 saturated heterocycles. The summed E-state index contributed by atoms with van der Waals surface area (Å²) in [5.74, 6) is 0.288. The van der Waals surface area contributed by atoms with Gasteiger partial charge in [-0.2, -0.15) is 0 Å². The van der Waals surface area contributed by atoms with Gasteiger partial charge in [-0.25, -0.2) is 4.79 Å². The highest BCUT2D eigenvalue weighted by atomic mass is 16.6. The Hall–Kier alpha value is -1.65. The molecular weight excluding hydrogens is 218 g/mol. The highest BCUT2D eigenvalue weighted by Gasteiger charge is 2.35. The Morgan fingerprint density at radius 1 is 1.41 bits per heavy atom. The van der Waals surface area contributed by atoms with E-state index in [2.05, 4.69) is 9.97 Å². The van der Waals surface area contributed by atoms with Crippen LogP contribution in [0.4, 0.5) is 4.79 Å². The van der Waals surface area contributed by atoms with Gasteiger partial charge in [-0.1, -0.05) is 0 Å². The summed E-state index contributed by atoms with van der Waals surface area (Å²) in [5, 5.41) is 0. The van der Waals surface area contributed by atoms with Crippen molar-refractivity contribution >= 4 is 6.09 Å². The highest BCUT2D eigenvalue weighted by molar-refractivity contribution is 5.69. The second-order valence-electron chi connectivity index (χ2n) is 5.21. The van der Waals surface area contributed by atoms with E-state index in [0.717, 1.165) is 5.69 Å². The smallest absolute Gasteiger partial charge is 0.410 e. The van der Waals surface area contributed by atoms with E-state index in [1.807, 2.05) is 20.8 Å². The number of carbonyl (C=O) groups is 1.